The van der Waals surface area contributed by atoms with Crippen molar-refractivity contribution in [1.82, 2.24) is 10.2 Å². The number of carbonyl (C=O) groups is 2. The van der Waals surface area contributed by atoms with Gasteiger partial charge in [0.05, 0.1) is 12.2 Å². The Hall–Kier alpha value is -1.78. The Morgan fingerprint density at radius 2 is 2.14 bits per heavy atom. The molecule has 0 aromatic carbocycles. The lowest BCUT2D eigenvalue weighted by Gasteiger charge is -2.33. The number of nitrogens with one attached hydrogen (secondary N) is 1. The van der Waals surface area contributed by atoms with E-state index < -0.39 is 0 Å². The van der Waals surface area contributed by atoms with E-state index in [1.165, 1.54) is 6.26 Å². The maximum absolute atomic E-state index is 12.7. The van der Waals surface area contributed by atoms with E-state index in [0.717, 1.165) is 45.1 Å². The molecular weight excluding hydrogens is 268 g/mol. The first-order chi connectivity index (χ1) is 10.3. The normalized spacial score (nSPS) is 27.0. The first kappa shape index (κ1) is 14.2. The third kappa shape index (κ3) is 2.96. The Morgan fingerprint density at radius 1 is 1.24 bits per heavy atom. The number of rotatable bonds is 1. The fourth-order valence-corrected chi connectivity index (χ4v) is 3.51. The van der Waals surface area contributed by atoms with Crippen LogP contribution in [0.5, 0.6) is 0 Å². The zero-order valence-electron chi connectivity index (χ0n) is 12.2. The van der Waals surface area contributed by atoms with E-state index >= 15 is 0 Å². The van der Waals surface area contributed by atoms with Crippen LogP contribution in [0.3, 0.4) is 0 Å². The number of nitrogens with zero attached hydrogens (tertiary/aromatic N) is 1. The van der Waals surface area contributed by atoms with Crippen LogP contribution in [0.1, 0.15) is 49.1 Å². The van der Waals surface area contributed by atoms with Gasteiger partial charge in [0.1, 0.15) is 0 Å². The van der Waals surface area contributed by atoms with Gasteiger partial charge in [-0.05, 0) is 44.2 Å². The molecule has 114 valence electrons. The molecule has 2 aliphatic rings. The van der Waals surface area contributed by atoms with Crippen molar-refractivity contribution in [3.63, 3.8) is 0 Å². The van der Waals surface area contributed by atoms with E-state index in [9.17, 15) is 9.59 Å². The molecule has 2 atom stereocenters. The van der Waals surface area contributed by atoms with Gasteiger partial charge in [-0.15, -0.1) is 0 Å². The summed E-state index contributed by atoms with van der Waals surface area (Å²) >= 11 is 0. The predicted molar refractivity (Wildman–Crippen MR) is 77.7 cm³/mol. The highest BCUT2D eigenvalue weighted by Crippen LogP contribution is 2.32. The third-order valence-electron chi connectivity index (χ3n) is 4.58. The van der Waals surface area contributed by atoms with Crippen molar-refractivity contribution in [3.8, 4) is 0 Å². The van der Waals surface area contributed by atoms with Crippen molar-refractivity contribution in [1.29, 1.82) is 0 Å². The Kier molecular flexibility index (Phi) is 4.27. The second-order valence-corrected chi connectivity index (χ2v) is 5.93. The van der Waals surface area contributed by atoms with Crippen LogP contribution in [-0.2, 0) is 4.79 Å². The van der Waals surface area contributed by atoms with E-state index in [-0.39, 0.29) is 23.8 Å². The van der Waals surface area contributed by atoms with E-state index in [2.05, 4.69) is 5.32 Å². The molecule has 1 N–H and O–H groups in total. The molecule has 0 spiro atoms. The lowest BCUT2D eigenvalue weighted by atomic mass is 9.99. The van der Waals surface area contributed by atoms with E-state index in [0.29, 0.717) is 12.3 Å². The largest absolute Gasteiger partial charge is 0.459 e. The van der Waals surface area contributed by atoms with Crippen molar-refractivity contribution >= 4 is 11.8 Å². The molecule has 1 aliphatic heterocycles. The van der Waals surface area contributed by atoms with Crippen molar-refractivity contribution < 1.29 is 14.0 Å². The molecule has 1 saturated carbocycles. The molecule has 0 unspecified atom stereocenters. The van der Waals surface area contributed by atoms with Crippen molar-refractivity contribution in [2.24, 2.45) is 5.92 Å². The molecule has 5 nitrogen and oxygen atoms in total. The molecular formula is C16H22N2O3. The molecule has 3 rings (SSSR count). The topological polar surface area (TPSA) is 62.6 Å². The summed E-state index contributed by atoms with van der Waals surface area (Å²) in [5, 5.41) is 3.02. The number of fused-ring (bicyclic) bond motifs is 1. The summed E-state index contributed by atoms with van der Waals surface area (Å²) in [6.45, 7) is 1.47. The minimum Gasteiger partial charge on any atom is -0.459 e. The van der Waals surface area contributed by atoms with Crippen molar-refractivity contribution in [2.75, 3.05) is 13.1 Å². The highest BCUT2D eigenvalue weighted by atomic mass is 16.3. The van der Waals surface area contributed by atoms with Crippen LogP contribution < -0.4 is 5.32 Å². The van der Waals surface area contributed by atoms with Crippen molar-refractivity contribution in [2.45, 2.75) is 44.6 Å². The zero-order chi connectivity index (χ0) is 14.7. The van der Waals surface area contributed by atoms with Crippen LogP contribution in [0.25, 0.3) is 0 Å². The lowest BCUT2D eigenvalue weighted by Crippen LogP contribution is -2.48. The number of amides is 2. The van der Waals surface area contributed by atoms with Crippen LogP contribution in [0.4, 0.5) is 0 Å². The number of hydrogen-bond acceptors (Lipinski definition) is 3. The van der Waals surface area contributed by atoms with Gasteiger partial charge in [-0.3, -0.25) is 9.59 Å². The summed E-state index contributed by atoms with van der Waals surface area (Å²) in [5.74, 6) is 0.335. The van der Waals surface area contributed by atoms with Gasteiger partial charge in [-0.25, -0.2) is 0 Å². The van der Waals surface area contributed by atoms with E-state index in [1.54, 1.807) is 12.1 Å². The monoisotopic (exact) mass is 290 g/mol. The van der Waals surface area contributed by atoms with E-state index in [1.807, 2.05) is 4.90 Å². The highest BCUT2D eigenvalue weighted by molar-refractivity contribution is 5.92. The molecule has 2 amide bonds. The second kappa shape index (κ2) is 6.33. The average Bonchev–Trinajstić information content (AvgIpc) is 3.16. The molecule has 2 fully saturated rings. The Balaban J connectivity index is 1.83. The van der Waals surface area contributed by atoms with Gasteiger partial charge in [0.2, 0.25) is 5.91 Å². The quantitative estimate of drug-likeness (QED) is 0.862. The summed E-state index contributed by atoms with van der Waals surface area (Å²) in [4.78, 5) is 26.8. The van der Waals surface area contributed by atoms with Gasteiger partial charge in [0.25, 0.3) is 5.91 Å². The zero-order valence-corrected chi connectivity index (χ0v) is 12.2. The molecule has 2 heterocycles. The van der Waals surface area contributed by atoms with Gasteiger partial charge in [0.15, 0.2) is 5.76 Å². The van der Waals surface area contributed by atoms with Gasteiger partial charge in [0, 0.05) is 19.1 Å². The van der Waals surface area contributed by atoms with Gasteiger partial charge in [-0.2, -0.15) is 0 Å². The maximum atomic E-state index is 12.7. The average molecular weight is 290 g/mol. The Bertz CT molecular complexity index is 498. The highest BCUT2D eigenvalue weighted by Gasteiger charge is 2.39. The Labute approximate surface area is 124 Å². The first-order valence-electron chi connectivity index (χ1n) is 7.89. The standard InChI is InChI=1S/C16H22N2O3/c19-15-12-6-4-7-13(12)18(10-3-1-2-9-17-15)16(20)14-8-5-11-21-14/h5,8,11-13H,1-4,6-7,9-10H2,(H,17,19)/t12-,13+/m1/s1. The second-order valence-electron chi connectivity index (χ2n) is 5.93. The summed E-state index contributed by atoms with van der Waals surface area (Å²) < 4.78 is 5.26. The van der Waals surface area contributed by atoms with Crippen LogP contribution in [0, 0.1) is 5.92 Å². The van der Waals surface area contributed by atoms with Gasteiger partial charge < -0.3 is 14.6 Å². The third-order valence-corrected chi connectivity index (χ3v) is 4.58. The molecule has 21 heavy (non-hydrogen) atoms. The summed E-state index contributed by atoms with van der Waals surface area (Å²) in [5.41, 5.74) is 0. The fourth-order valence-electron chi connectivity index (χ4n) is 3.51. The van der Waals surface area contributed by atoms with Crippen LogP contribution in [-0.4, -0.2) is 35.8 Å². The molecule has 0 radical (unpaired) electrons. The summed E-state index contributed by atoms with van der Waals surface area (Å²) in [6, 6.07) is 3.44. The fraction of sp³-hybridized carbons (Fsp3) is 0.625. The van der Waals surface area contributed by atoms with Crippen LogP contribution in [0.2, 0.25) is 0 Å². The Morgan fingerprint density at radius 3 is 2.95 bits per heavy atom. The minimum absolute atomic E-state index is 0.0145. The number of furan rings is 1. The molecule has 1 aromatic heterocycles. The van der Waals surface area contributed by atoms with Crippen LogP contribution >= 0.6 is 0 Å². The SMILES string of the molecule is O=C1NCCCCCN(C(=O)c2ccco2)[C@H]2CCC[C@@H]12. The molecule has 5 heteroatoms. The van der Waals surface area contributed by atoms with E-state index in [4.69, 9.17) is 4.42 Å². The summed E-state index contributed by atoms with van der Waals surface area (Å²) in [6.07, 6.45) is 7.29. The molecule has 1 aliphatic carbocycles. The molecule has 1 aromatic rings. The lowest BCUT2D eigenvalue weighted by molar-refractivity contribution is -0.126. The first-order valence-corrected chi connectivity index (χ1v) is 7.89. The van der Waals surface area contributed by atoms with Crippen LogP contribution in [0.15, 0.2) is 22.8 Å². The molecule has 1 saturated heterocycles. The summed E-state index contributed by atoms with van der Waals surface area (Å²) in [7, 11) is 0. The number of hydrogen-bond donors (Lipinski definition) is 1. The van der Waals surface area contributed by atoms with Gasteiger partial charge in [-0.1, -0.05) is 6.42 Å². The minimum atomic E-state index is -0.0785. The maximum Gasteiger partial charge on any atom is 0.289 e. The molecule has 0 bridgehead atoms. The van der Waals surface area contributed by atoms with Crippen molar-refractivity contribution in [3.05, 3.63) is 24.2 Å². The van der Waals surface area contributed by atoms with Gasteiger partial charge >= 0.3 is 0 Å². The number of carbonyl (C=O) groups excluding carboxylic acids is 2. The smallest absolute Gasteiger partial charge is 0.289 e. The predicted octanol–water partition coefficient (Wildman–Crippen LogP) is 2.19.